The van der Waals surface area contributed by atoms with Crippen molar-refractivity contribution < 1.29 is 32.5 Å². The van der Waals surface area contributed by atoms with Crippen LogP contribution in [0.4, 0.5) is 36.4 Å². The number of methoxy groups -OCH3 is 2. The molecule has 3 N–H and O–H groups in total. The molecular formula is C42H40BrCl2F3N6O4. The van der Waals surface area contributed by atoms with Gasteiger partial charge in [0.05, 0.1) is 47.7 Å². The van der Waals surface area contributed by atoms with Gasteiger partial charge in [0.1, 0.15) is 11.5 Å². The highest BCUT2D eigenvalue weighted by Crippen LogP contribution is 2.38. The molecule has 16 heteroatoms. The lowest BCUT2D eigenvalue weighted by Crippen LogP contribution is -2.21. The van der Waals surface area contributed by atoms with E-state index >= 15 is 0 Å². The third kappa shape index (κ3) is 9.63. The number of rotatable bonds is 8. The molecule has 2 heterocycles. The number of fused-ring (bicyclic) bond motifs is 2. The summed E-state index contributed by atoms with van der Waals surface area (Å²) in [6.07, 6.45) is -4.10. The number of alkyl halides is 3. The fraction of sp³-hybridized carbons (Fsp3) is 0.214. The fourth-order valence-electron chi connectivity index (χ4n) is 6.31. The summed E-state index contributed by atoms with van der Waals surface area (Å²) in [5.74, 6) is 0.123. The van der Waals surface area contributed by atoms with Crippen molar-refractivity contribution in [3.05, 3.63) is 116 Å². The fourth-order valence-corrected chi connectivity index (χ4v) is 7.46. The van der Waals surface area contributed by atoms with Crippen molar-refractivity contribution in [3.63, 3.8) is 0 Å². The molecule has 0 fully saturated rings. The third-order valence-electron chi connectivity index (χ3n) is 9.11. The van der Waals surface area contributed by atoms with Crippen LogP contribution in [0.1, 0.15) is 23.6 Å². The molecule has 304 valence electrons. The summed E-state index contributed by atoms with van der Waals surface area (Å²) in [7, 11) is 7.28. The predicted molar refractivity (Wildman–Crippen MR) is 230 cm³/mol. The van der Waals surface area contributed by atoms with Crippen LogP contribution in [0.5, 0.6) is 11.5 Å². The zero-order valence-corrected chi connectivity index (χ0v) is 35.6. The first-order valence-electron chi connectivity index (χ1n) is 17.7. The van der Waals surface area contributed by atoms with Crippen molar-refractivity contribution in [2.24, 2.45) is 14.1 Å². The van der Waals surface area contributed by atoms with Gasteiger partial charge in [0.2, 0.25) is 11.9 Å². The molecule has 0 aliphatic rings. The zero-order chi connectivity index (χ0) is 42.5. The minimum atomic E-state index is -5.08. The number of carboxylic acid groups (broad SMARTS) is 1. The molecule has 2 aromatic heterocycles. The van der Waals surface area contributed by atoms with E-state index in [9.17, 15) is 13.2 Å². The number of halogens is 6. The van der Waals surface area contributed by atoms with Gasteiger partial charge in [-0.1, -0.05) is 72.6 Å². The Bertz CT molecular complexity index is 2610. The van der Waals surface area contributed by atoms with E-state index in [-0.39, 0.29) is 0 Å². The molecule has 0 spiro atoms. The summed E-state index contributed by atoms with van der Waals surface area (Å²) in [5, 5.41) is 15.2. The highest BCUT2D eigenvalue weighted by Gasteiger charge is 2.38. The van der Waals surface area contributed by atoms with Crippen LogP contribution in [0.3, 0.4) is 0 Å². The number of carboxylic acids is 1. The minimum Gasteiger partial charge on any atom is -0.495 e. The number of aryl methyl sites for hydroxylation is 5. The highest BCUT2D eigenvalue weighted by molar-refractivity contribution is 9.10. The Balaban J connectivity index is 0.000000195. The van der Waals surface area contributed by atoms with E-state index in [2.05, 4.69) is 79.4 Å². The first kappa shape index (κ1) is 43.7. The number of nitrogens with one attached hydrogen (secondary N) is 2. The standard InChI is InChI=1S/C24H24ClN3O.C16H15BrClN3O.C2HF3O2/c1-5-16-9-6-7-10-18(16)19-11-8-12-20-23(19)28(3)24(26-20)27-22-15(2)13-17(25)14-21(22)29-4;1-9-7-10(18)8-13(22-3)14(9)20-16-19-12-6-4-5-11(17)15(12)21(16)2;3-2(4,5)1(6)7/h6-14H,5H2,1-4H3,(H,26,27);4-8H,1-3H3,(H,19,20);(H,6,7). The second-order valence-corrected chi connectivity index (χ2v) is 14.7. The monoisotopic (exact) mass is 898 g/mol. The summed E-state index contributed by atoms with van der Waals surface area (Å²) in [4.78, 5) is 18.4. The molecule has 58 heavy (non-hydrogen) atoms. The van der Waals surface area contributed by atoms with Gasteiger partial charge in [-0.15, -0.1) is 0 Å². The first-order valence-corrected chi connectivity index (χ1v) is 19.2. The van der Waals surface area contributed by atoms with E-state index in [4.69, 9.17) is 47.6 Å². The smallest absolute Gasteiger partial charge is 0.490 e. The summed E-state index contributed by atoms with van der Waals surface area (Å²) in [5.41, 5.74) is 11.5. The molecule has 0 bridgehead atoms. The lowest BCUT2D eigenvalue weighted by atomic mass is 9.97. The van der Waals surface area contributed by atoms with Gasteiger partial charge < -0.3 is 34.3 Å². The van der Waals surface area contributed by atoms with Crippen LogP contribution in [0.2, 0.25) is 10.0 Å². The van der Waals surface area contributed by atoms with Gasteiger partial charge in [0.25, 0.3) is 0 Å². The maximum absolute atomic E-state index is 10.6. The molecule has 0 saturated carbocycles. The molecule has 0 saturated heterocycles. The van der Waals surface area contributed by atoms with Crippen LogP contribution in [0.25, 0.3) is 33.2 Å². The van der Waals surface area contributed by atoms with Gasteiger partial charge in [0.15, 0.2) is 0 Å². The minimum absolute atomic E-state index is 0.646. The van der Waals surface area contributed by atoms with E-state index in [1.165, 1.54) is 16.7 Å². The number of hydrogen-bond donors (Lipinski definition) is 3. The Hall–Kier alpha value is -5.44. The van der Waals surface area contributed by atoms with Crippen molar-refractivity contribution in [1.82, 2.24) is 19.1 Å². The SMILES string of the molecule is CCc1ccccc1-c1cccc2nc(Nc3c(C)cc(Cl)cc3OC)n(C)c12.COc1cc(Cl)cc(C)c1Nc1nc2cccc(Br)c2n1C.O=C(O)C(F)(F)F. The van der Waals surface area contributed by atoms with Crippen LogP contribution in [-0.4, -0.2) is 50.6 Å². The molecule has 0 aliphatic heterocycles. The van der Waals surface area contributed by atoms with Gasteiger partial charge >= 0.3 is 12.1 Å². The van der Waals surface area contributed by atoms with E-state index < -0.39 is 12.1 Å². The molecular weight excluding hydrogens is 860 g/mol. The number of aliphatic carboxylic acids is 1. The van der Waals surface area contributed by atoms with E-state index in [1.54, 1.807) is 20.3 Å². The maximum atomic E-state index is 10.6. The second kappa shape index (κ2) is 18.4. The molecule has 0 unspecified atom stereocenters. The number of benzene rings is 5. The lowest BCUT2D eigenvalue weighted by Gasteiger charge is -2.15. The summed E-state index contributed by atoms with van der Waals surface area (Å²) < 4.78 is 47.8. The zero-order valence-electron chi connectivity index (χ0n) is 32.5. The lowest BCUT2D eigenvalue weighted by molar-refractivity contribution is -0.192. The molecule has 7 rings (SSSR count). The van der Waals surface area contributed by atoms with Crippen LogP contribution in [-0.2, 0) is 25.3 Å². The Kier molecular flexibility index (Phi) is 13.9. The van der Waals surface area contributed by atoms with Crippen molar-refractivity contribution in [2.45, 2.75) is 33.4 Å². The van der Waals surface area contributed by atoms with E-state index in [0.29, 0.717) is 21.5 Å². The first-order chi connectivity index (χ1) is 27.5. The second-order valence-electron chi connectivity index (χ2n) is 12.9. The van der Waals surface area contributed by atoms with Crippen LogP contribution in [0.15, 0.2) is 89.4 Å². The number of carbonyl (C=O) groups is 1. The summed E-state index contributed by atoms with van der Waals surface area (Å²) in [6, 6.07) is 28.2. The quantitative estimate of drug-likeness (QED) is 0.138. The van der Waals surface area contributed by atoms with Crippen LogP contribution in [0, 0.1) is 13.8 Å². The Labute approximate surface area is 351 Å². The molecule has 0 radical (unpaired) electrons. The number of aromatic nitrogens is 4. The van der Waals surface area contributed by atoms with E-state index in [1.807, 2.05) is 75.0 Å². The highest BCUT2D eigenvalue weighted by atomic mass is 79.9. The number of nitrogens with zero attached hydrogens (tertiary/aromatic N) is 4. The van der Waals surface area contributed by atoms with Gasteiger partial charge in [0, 0.05) is 46.3 Å². The number of anilines is 4. The van der Waals surface area contributed by atoms with Crippen molar-refractivity contribution in [3.8, 4) is 22.6 Å². The van der Waals surface area contributed by atoms with Gasteiger partial charge in [-0.25, -0.2) is 14.8 Å². The molecule has 0 amide bonds. The van der Waals surface area contributed by atoms with Gasteiger partial charge in [-0.2, -0.15) is 13.2 Å². The maximum Gasteiger partial charge on any atom is 0.490 e. The van der Waals surface area contributed by atoms with Crippen LogP contribution >= 0.6 is 39.1 Å². The van der Waals surface area contributed by atoms with Crippen molar-refractivity contribution >= 4 is 90.4 Å². The summed E-state index contributed by atoms with van der Waals surface area (Å²) in [6.45, 7) is 6.17. The number of imidazole rings is 2. The molecule has 10 nitrogen and oxygen atoms in total. The Morgan fingerprint density at radius 3 is 1.67 bits per heavy atom. The largest absolute Gasteiger partial charge is 0.495 e. The van der Waals surface area contributed by atoms with Crippen LogP contribution < -0.4 is 20.1 Å². The van der Waals surface area contributed by atoms with Gasteiger partial charge in [-0.05, 0) is 88.8 Å². The average Bonchev–Trinajstić information content (AvgIpc) is 3.68. The van der Waals surface area contributed by atoms with Gasteiger partial charge in [-0.3, -0.25) is 0 Å². The van der Waals surface area contributed by atoms with E-state index in [0.717, 1.165) is 67.4 Å². The molecule has 5 aromatic carbocycles. The number of para-hydroxylation sites is 2. The number of ether oxygens (including phenoxy) is 2. The van der Waals surface area contributed by atoms with Crippen molar-refractivity contribution in [1.29, 1.82) is 0 Å². The Morgan fingerprint density at radius 2 is 1.21 bits per heavy atom. The molecule has 7 aromatic rings. The number of hydrogen-bond acceptors (Lipinski definition) is 7. The third-order valence-corrected chi connectivity index (χ3v) is 10.2. The topological polar surface area (TPSA) is 115 Å². The molecule has 0 atom stereocenters. The van der Waals surface area contributed by atoms with Crippen molar-refractivity contribution in [2.75, 3.05) is 24.9 Å². The molecule has 0 aliphatic carbocycles. The Morgan fingerprint density at radius 1 is 0.759 bits per heavy atom. The average molecular weight is 901 g/mol. The predicted octanol–water partition coefficient (Wildman–Crippen LogP) is 12.2. The summed E-state index contributed by atoms with van der Waals surface area (Å²) >= 11 is 15.8. The normalized spacial score (nSPS) is 11.1.